The molecule has 2 N–H and O–H groups in total. The first-order valence-electron chi connectivity index (χ1n) is 7.16. The topological polar surface area (TPSA) is 45.2 Å². The normalized spacial score (nSPS) is 12.2. The molecule has 1 unspecified atom stereocenters. The van der Waals surface area contributed by atoms with Crippen molar-refractivity contribution >= 4 is 16.6 Å². The molecule has 3 aromatic rings. The van der Waals surface area contributed by atoms with Gasteiger partial charge in [-0.1, -0.05) is 37.3 Å². The Bertz CT molecular complexity index is 738. The lowest BCUT2D eigenvalue weighted by Crippen LogP contribution is -2.09. The van der Waals surface area contributed by atoms with E-state index in [9.17, 15) is 5.11 Å². The van der Waals surface area contributed by atoms with Gasteiger partial charge in [0.1, 0.15) is 5.75 Å². The first-order chi connectivity index (χ1) is 10.3. The molecule has 0 amide bonds. The second kappa shape index (κ2) is 5.83. The summed E-state index contributed by atoms with van der Waals surface area (Å²) in [5.41, 5.74) is 3.16. The summed E-state index contributed by atoms with van der Waals surface area (Å²) in [4.78, 5) is 4.47. The van der Waals surface area contributed by atoms with Gasteiger partial charge in [0.25, 0.3) is 0 Å². The molecule has 3 heteroatoms. The Morgan fingerprint density at radius 3 is 2.62 bits per heavy atom. The summed E-state index contributed by atoms with van der Waals surface area (Å²) in [6.45, 7) is 2.14. The number of para-hydroxylation sites is 1. The molecule has 0 bridgehead atoms. The average molecular weight is 278 g/mol. The average Bonchev–Trinajstić information content (AvgIpc) is 2.53. The molecule has 0 radical (unpaired) electrons. The molecule has 0 spiro atoms. The molecule has 106 valence electrons. The molecule has 21 heavy (non-hydrogen) atoms. The van der Waals surface area contributed by atoms with Crippen molar-refractivity contribution in [3.8, 4) is 5.75 Å². The highest BCUT2D eigenvalue weighted by molar-refractivity contribution is 5.81. The summed E-state index contributed by atoms with van der Waals surface area (Å²) in [5, 5.41) is 14.0. The van der Waals surface area contributed by atoms with Gasteiger partial charge in [-0.3, -0.25) is 4.98 Å². The Morgan fingerprint density at radius 2 is 1.86 bits per heavy atom. The van der Waals surface area contributed by atoms with Gasteiger partial charge >= 0.3 is 0 Å². The number of nitrogens with zero attached hydrogens (tertiary/aromatic N) is 1. The molecule has 2 aromatic carbocycles. The van der Waals surface area contributed by atoms with Crippen LogP contribution in [0.5, 0.6) is 5.75 Å². The number of hydrogen-bond donors (Lipinski definition) is 2. The highest BCUT2D eigenvalue weighted by Gasteiger charge is 2.09. The van der Waals surface area contributed by atoms with E-state index in [2.05, 4.69) is 29.4 Å². The molecule has 1 heterocycles. The van der Waals surface area contributed by atoms with Crippen molar-refractivity contribution in [1.29, 1.82) is 0 Å². The van der Waals surface area contributed by atoms with E-state index < -0.39 is 0 Å². The molecule has 0 aliphatic carbocycles. The van der Waals surface area contributed by atoms with E-state index in [-0.39, 0.29) is 6.04 Å². The largest absolute Gasteiger partial charge is 0.508 e. The number of rotatable bonds is 4. The van der Waals surface area contributed by atoms with E-state index in [4.69, 9.17) is 0 Å². The summed E-state index contributed by atoms with van der Waals surface area (Å²) in [5.74, 6) is 0.293. The number of phenols is 1. The Kier molecular flexibility index (Phi) is 3.73. The van der Waals surface area contributed by atoms with Crippen LogP contribution < -0.4 is 5.32 Å². The van der Waals surface area contributed by atoms with Crippen LogP contribution in [0.15, 0.2) is 60.8 Å². The molecule has 3 rings (SSSR count). The predicted octanol–water partition coefficient (Wildman–Crippen LogP) is 4.50. The Balaban J connectivity index is 1.86. The zero-order valence-electron chi connectivity index (χ0n) is 12.0. The lowest BCUT2D eigenvalue weighted by molar-refractivity contribution is 0.475. The van der Waals surface area contributed by atoms with Crippen molar-refractivity contribution in [3.63, 3.8) is 0 Å². The molecule has 0 saturated carbocycles. The third kappa shape index (κ3) is 2.97. The molecule has 3 nitrogen and oxygen atoms in total. The number of anilines is 1. The van der Waals surface area contributed by atoms with Gasteiger partial charge in [0.15, 0.2) is 0 Å². The van der Waals surface area contributed by atoms with Gasteiger partial charge in [-0.25, -0.2) is 0 Å². The summed E-state index contributed by atoms with van der Waals surface area (Å²) >= 11 is 0. The van der Waals surface area contributed by atoms with E-state index in [1.54, 1.807) is 12.1 Å². The fraction of sp³-hybridized carbons (Fsp3) is 0.167. The molecule has 0 saturated heterocycles. The lowest BCUT2D eigenvalue weighted by atomic mass is 10.0. The fourth-order valence-electron chi connectivity index (χ4n) is 2.48. The Morgan fingerprint density at radius 1 is 1.10 bits per heavy atom. The van der Waals surface area contributed by atoms with Crippen LogP contribution in [0.1, 0.15) is 24.9 Å². The first kappa shape index (κ1) is 13.4. The zero-order valence-corrected chi connectivity index (χ0v) is 12.0. The number of nitrogens with one attached hydrogen (secondary N) is 1. The fourth-order valence-corrected chi connectivity index (χ4v) is 2.48. The van der Waals surface area contributed by atoms with Gasteiger partial charge in [-0.05, 0) is 36.2 Å². The summed E-state index contributed by atoms with van der Waals surface area (Å²) in [6, 6.07) is 17.7. The van der Waals surface area contributed by atoms with E-state index in [0.29, 0.717) is 5.75 Å². The third-order valence-corrected chi connectivity index (χ3v) is 3.64. The predicted molar refractivity (Wildman–Crippen MR) is 86.5 cm³/mol. The second-order valence-electron chi connectivity index (χ2n) is 5.11. The Labute approximate surface area is 124 Å². The van der Waals surface area contributed by atoms with E-state index in [1.807, 2.05) is 36.5 Å². The maximum atomic E-state index is 9.39. The van der Waals surface area contributed by atoms with Crippen LogP contribution in [-0.4, -0.2) is 10.1 Å². The van der Waals surface area contributed by atoms with Crippen molar-refractivity contribution in [2.24, 2.45) is 0 Å². The van der Waals surface area contributed by atoms with Crippen LogP contribution in [0.2, 0.25) is 0 Å². The number of fused-ring (bicyclic) bond motifs is 1. The Hall–Kier alpha value is -2.55. The molecule has 1 aromatic heterocycles. The minimum Gasteiger partial charge on any atom is -0.508 e. The minimum absolute atomic E-state index is 0.202. The molecular formula is C18H18N2O. The van der Waals surface area contributed by atoms with Crippen LogP contribution in [0, 0.1) is 0 Å². The second-order valence-corrected chi connectivity index (χ2v) is 5.11. The SMILES string of the molecule is CCC(Nc1cnc2ccccc2c1)c1ccc(O)cc1. The highest BCUT2D eigenvalue weighted by atomic mass is 16.3. The molecule has 0 aliphatic heterocycles. The molecule has 0 aliphatic rings. The summed E-state index contributed by atoms with van der Waals surface area (Å²) in [6.07, 6.45) is 2.82. The maximum absolute atomic E-state index is 9.39. The lowest BCUT2D eigenvalue weighted by Gasteiger charge is -2.19. The van der Waals surface area contributed by atoms with Crippen molar-refractivity contribution in [2.45, 2.75) is 19.4 Å². The van der Waals surface area contributed by atoms with Crippen LogP contribution in [0.4, 0.5) is 5.69 Å². The van der Waals surface area contributed by atoms with Gasteiger partial charge < -0.3 is 10.4 Å². The zero-order chi connectivity index (χ0) is 14.7. The third-order valence-electron chi connectivity index (χ3n) is 3.64. The van der Waals surface area contributed by atoms with Crippen LogP contribution in [-0.2, 0) is 0 Å². The van der Waals surface area contributed by atoms with Gasteiger partial charge in [0.05, 0.1) is 23.4 Å². The summed E-state index contributed by atoms with van der Waals surface area (Å²) < 4.78 is 0. The van der Waals surface area contributed by atoms with Crippen molar-refractivity contribution in [1.82, 2.24) is 4.98 Å². The van der Waals surface area contributed by atoms with E-state index >= 15 is 0 Å². The number of aromatic nitrogens is 1. The van der Waals surface area contributed by atoms with Gasteiger partial charge in [-0.2, -0.15) is 0 Å². The van der Waals surface area contributed by atoms with Crippen molar-refractivity contribution in [3.05, 3.63) is 66.4 Å². The number of phenolic OH excluding ortho intramolecular Hbond substituents is 1. The minimum atomic E-state index is 0.202. The summed E-state index contributed by atoms with van der Waals surface area (Å²) in [7, 11) is 0. The quantitative estimate of drug-likeness (QED) is 0.738. The standard InChI is InChI=1S/C18H18N2O/c1-2-17(13-7-9-16(21)10-8-13)20-15-11-14-5-3-4-6-18(14)19-12-15/h3-12,17,20-21H,2H2,1H3. The van der Waals surface area contributed by atoms with E-state index in [1.165, 1.54) is 0 Å². The maximum Gasteiger partial charge on any atom is 0.115 e. The number of benzene rings is 2. The van der Waals surface area contributed by atoms with Gasteiger partial charge in [0, 0.05) is 5.39 Å². The molecule has 1 atom stereocenters. The van der Waals surface area contributed by atoms with Crippen molar-refractivity contribution in [2.75, 3.05) is 5.32 Å². The number of aromatic hydroxyl groups is 1. The first-order valence-corrected chi connectivity index (χ1v) is 7.16. The highest BCUT2D eigenvalue weighted by Crippen LogP contribution is 2.25. The van der Waals surface area contributed by atoms with Crippen LogP contribution in [0.25, 0.3) is 10.9 Å². The smallest absolute Gasteiger partial charge is 0.115 e. The number of hydrogen-bond acceptors (Lipinski definition) is 3. The van der Waals surface area contributed by atoms with Crippen LogP contribution >= 0.6 is 0 Å². The molecular weight excluding hydrogens is 260 g/mol. The van der Waals surface area contributed by atoms with Crippen LogP contribution in [0.3, 0.4) is 0 Å². The molecule has 0 fully saturated rings. The van der Waals surface area contributed by atoms with E-state index in [0.717, 1.165) is 28.6 Å². The number of pyridine rings is 1. The van der Waals surface area contributed by atoms with Gasteiger partial charge in [-0.15, -0.1) is 0 Å². The van der Waals surface area contributed by atoms with Gasteiger partial charge in [0.2, 0.25) is 0 Å². The monoisotopic (exact) mass is 278 g/mol. The van der Waals surface area contributed by atoms with Crippen molar-refractivity contribution < 1.29 is 5.11 Å².